The zero-order chi connectivity index (χ0) is 9.97. The second-order valence-corrected chi connectivity index (χ2v) is 4.01. The number of thiophene rings is 1. The van der Waals surface area contributed by atoms with Gasteiger partial charge >= 0.3 is 0 Å². The highest BCUT2D eigenvalue weighted by molar-refractivity contribution is 7.08. The van der Waals surface area contributed by atoms with E-state index in [1.54, 1.807) is 18.2 Å². The lowest BCUT2D eigenvalue weighted by Gasteiger charge is -2.00. The SMILES string of the molecule is O=C(c1ccsc1)c1ccccc1Cl. The van der Waals surface area contributed by atoms with E-state index in [1.807, 2.05) is 22.9 Å². The molecule has 1 heterocycles. The van der Waals surface area contributed by atoms with Gasteiger partial charge in [0.2, 0.25) is 0 Å². The van der Waals surface area contributed by atoms with Gasteiger partial charge in [0.15, 0.2) is 5.78 Å². The molecule has 0 bridgehead atoms. The Morgan fingerprint density at radius 1 is 1.21 bits per heavy atom. The lowest BCUT2D eigenvalue weighted by atomic mass is 10.1. The molecular weight excluding hydrogens is 216 g/mol. The quantitative estimate of drug-likeness (QED) is 0.710. The Morgan fingerprint density at radius 3 is 2.64 bits per heavy atom. The minimum absolute atomic E-state index is 0.0168. The van der Waals surface area contributed by atoms with Crippen LogP contribution in [0.3, 0.4) is 0 Å². The maximum absolute atomic E-state index is 11.9. The zero-order valence-corrected chi connectivity index (χ0v) is 8.81. The van der Waals surface area contributed by atoms with Crippen molar-refractivity contribution in [3.63, 3.8) is 0 Å². The van der Waals surface area contributed by atoms with Gasteiger partial charge in [-0.2, -0.15) is 11.3 Å². The number of ketones is 1. The van der Waals surface area contributed by atoms with Crippen LogP contribution in [0.15, 0.2) is 41.1 Å². The molecule has 3 heteroatoms. The van der Waals surface area contributed by atoms with Gasteiger partial charge in [0, 0.05) is 16.5 Å². The molecule has 1 aromatic carbocycles. The van der Waals surface area contributed by atoms with E-state index < -0.39 is 0 Å². The fourth-order valence-corrected chi connectivity index (χ4v) is 2.05. The van der Waals surface area contributed by atoms with Crippen LogP contribution in [0.2, 0.25) is 5.02 Å². The molecular formula is C11H7ClOS. The van der Waals surface area contributed by atoms with Crippen molar-refractivity contribution >= 4 is 28.7 Å². The molecule has 1 aromatic heterocycles. The Bertz CT molecular complexity index is 448. The summed E-state index contributed by atoms with van der Waals surface area (Å²) in [6.07, 6.45) is 0. The minimum atomic E-state index is -0.0168. The summed E-state index contributed by atoms with van der Waals surface area (Å²) >= 11 is 7.42. The van der Waals surface area contributed by atoms with Crippen LogP contribution in [0.25, 0.3) is 0 Å². The van der Waals surface area contributed by atoms with Crippen LogP contribution < -0.4 is 0 Å². The normalized spacial score (nSPS) is 10.1. The largest absolute Gasteiger partial charge is 0.289 e. The summed E-state index contributed by atoms with van der Waals surface area (Å²) in [5.74, 6) is -0.0168. The molecule has 0 amide bonds. The maximum atomic E-state index is 11.9. The van der Waals surface area contributed by atoms with Crippen molar-refractivity contribution in [3.05, 3.63) is 57.2 Å². The number of carbonyl (C=O) groups excluding carboxylic acids is 1. The highest BCUT2D eigenvalue weighted by Crippen LogP contribution is 2.20. The molecule has 0 N–H and O–H groups in total. The predicted octanol–water partition coefficient (Wildman–Crippen LogP) is 3.63. The van der Waals surface area contributed by atoms with E-state index in [1.165, 1.54) is 11.3 Å². The Kier molecular flexibility index (Phi) is 2.66. The van der Waals surface area contributed by atoms with Crippen molar-refractivity contribution < 1.29 is 4.79 Å². The van der Waals surface area contributed by atoms with Crippen molar-refractivity contribution in [2.45, 2.75) is 0 Å². The summed E-state index contributed by atoms with van der Waals surface area (Å²) in [7, 11) is 0. The second kappa shape index (κ2) is 3.95. The highest BCUT2D eigenvalue weighted by Gasteiger charge is 2.11. The summed E-state index contributed by atoms with van der Waals surface area (Å²) < 4.78 is 0. The van der Waals surface area contributed by atoms with Crippen LogP contribution in [0.1, 0.15) is 15.9 Å². The monoisotopic (exact) mass is 222 g/mol. The molecule has 2 rings (SSSR count). The van der Waals surface area contributed by atoms with E-state index in [0.717, 1.165) is 0 Å². The first-order valence-electron chi connectivity index (χ1n) is 4.10. The van der Waals surface area contributed by atoms with Crippen LogP contribution >= 0.6 is 22.9 Å². The van der Waals surface area contributed by atoms with E-state index >= 15 is 0 Å². The van der Waals surface area contributed by atoms with Crippen molar-refractivity contribution in [3.8, 4) is 0 Å². The summed E-state index contributed by atoms with van der Waals surface area (Å²) in [5, 5.41) is 4.21. The van der Waals surface area contributed by atoms with Crippen molar-refractivity contribution in [1.29, 1.82) is 0 Å². The molecule has 0 aliphatic rings. The number of carbonyl (C=O) groups is 1. The summed E-state index contributed by atoms with van der Waals surface area (Å²) in [6.45, 7) is 0. The molecule has 0 fully saturated rings. The Labute approximate surface area is 91.0 Å². The maximum Gasteiger partial charge on any atom is 0.195 e. The van der Waals surface area contributed by atoms with E-state index in [2.05, 4.69) is 0 Å². The van der Waals surface area contributed by atoms with Gasteiger partial charge in [0.25, 0.3) is 0 Å². The number of hydrogen-bond donors (Lipinski definition) is 0. The average molecular weight is 223 g/mol. The Morgan fingerprint density at radius 2 is 2.00 bits per heavy atom. The first-order valence-corrected chi connectivity index (χ1v) is 5.42. The van der Waals surface area contributed by atoms with Crippen molar-refractivity contribution in [1.82, 2.24) is 0 Å². The minimum Gasteiger partial charge on any atom is -0.289 e. The third kappa shape index (κ3) is 1.72. The van der Waals surface area contributed by atoms with E-state index in [4.69, 9.17) is 11.6 Å². The summed E-state index contributed by atoms with van der Waals surface area (Å²) in [5.41, 5.74) is 1.26. The van der Waals surface area contributed by atoms with Gasteiger partial charge in [-0.15, -0.1) is 0 Å². The topological polar surface area (TPSA) is 17.1 Å². The first-order chi connectivity index (χ1) is 6.79. The van der Waals surface area contributed by atoms with Crippen molar-refractivity contribution in [2.24, 2.45) is 0 Å². The molecule has 0 aliphatic carbocycles. The molecule has 70 valence electrons. The number of hydrogen-bond acceptors (Lipinski definition) is 2. The molecule has 0 saturated carbocycles. The molecule has 0 aliphatic heterocycles. The van der Waals surface area contributed by atoms with Crippen LogP contribution in [0.4, 0.5) is 0 Å². The standard InChI is InChI=1S/C11H7ClOS/c12-10-4-2-1-3-9(10)11(13)8-5-6-14-7-8/h1-7H. The Hall–Kier alpha value is -1.12. The number of benzene rings is 1. The van der Waals surface area contributed by atoms with Gasteiger partial charge in [0.05, 0.1) is 5.02 Å². The number of rotatable bonds is 2. The number of halogens is 1. The predicted molar refractivity (Wildman–Crippen MR) is 59.2 cm³/mol. The fraction of sp³-hybridized carbons (Fsp3) is 0. The van der Waals surface area contributed by atoms with E-state index in [-0.39, 0.29) is 5.78 Å². The molecule has 0 atom stereocenters. The van der Waals surface area contributed by atoms with E-state index in [9.17, 15) is 4.79 Å². The highest BCUT2D eigenvalue weighted by atomic mass is 35.5. The third-order valence-corrected chi connectivity index (χ3v) is 2.91. The summed E-state index contributed by atoms with van der Waals surface area (Å²) in [4.78, 5) is 11.9. The van der Waals surface area contributed by atoms with Crippen LogP contribution in [-0.2, 0) is 0 Å². The van der Waals surface area contributed by atoms with Gasteiger partial charge in [-0.05, 0) is 23.6 Å². The molecule has 0 radical (unpaired) electrons. The van der Waals surface area contributed by atoms with Crippen LogP contribution in [0, 0.1) is 0 Å². The van der Waals surface area contributed by atoms with Gasteiger partial charge < -0.3 is 0 Å². The Balaban J connectivity index is 2.42. The fourth-order valence-electron chi connectivity index (χ4n) is 1.19. The van der Waals surface area contributed by atoms with Gasteiger partial charge in [0.1, 0.15) is 0 Å². The summed E-state index contributed by atoms with van der Waals surface area (Å²) in [6, 6.07) is 8.89. The van der Waals surface area contributed by atoms with Crippen molar-refractivity contribution in [2.75, 3.05) is 0 Å². The van der Waals surface area contributed by atoms with Gasteiger partial charge in [-0.3, -0.25) is 4.79 Å². The molecule has 14 heavy (non-hydrogen) atoms. The molecule has 2 aromatic rings. The molecule has 1 nitrogen and oxygen atoms in total. The smallest absolute Gasteiger partial charge is 0.195 e. The molecule has 0 unspecified atom stereocenters. The van der Waals surface area contributed by atoms with Crippen LogP contribution in [0.5, 0.6) is 0 Å². The lowest BCUT2D eigenvalue weighted by molar-refractivity contribution is 0.103. The van der Waals surface area contributed by atoms with E-state index in [0.29, 0.717) is 16.1 Å². The van der Waals surface area contributed by atoms with Crippen LogP contribution in [-0.4, -0.2) is 5.78 Å². The van der Waals surface area contributed by atoms with Gasteiger partial charge in [-0.25, -0.2) is 0 Å². The molecule has 0 saturated heterocycles. The second-order valence-electron chi connectivity index (χ2n) is 2.82. The first kappa shape index (κ1) is 9.44. The zero-order valence-electron chi connectivity index (χ0n) is 7.24. The third-order valence-electron chi connectivity index (χ3n) is 1.90. The lowest BCUT2D eigenvalue weighted by Crippen LogP contribution is -1.99. The average Bonchev–Trinajstić information content (AvgIpc) is 2.70. The van der Waals surface area contributed by atoms with Gasteiger partial charge in [-0.1, -0.05) is 23.7 Å². The molecule has 0 spiro atoms.